The van der Waals surface area contributed by atoms with Gasteiger partial charge in [-0.15, -0.1) is 0 Å². The van der Waals surface area contributed by atoms with Gasteiger partial charge in [0.05, 0.1) is 13.1 Å². The summed E-state index contributed by atoms with van der Waals surface area (Å²) in [4.78, 5) is 1.56. The summed E-state index contributed by atoms with van der Waals surface area (Å²) in [5, 5.41) is 10.9. The van der Waals surface area contributed by atoms with Gasteiger partial charge in [-0.25, -0.2) is 0 Å². The minimum absolute atomic E-state index is 0.0776. The Kier molecular flexibility index (Phi) is 5.23. The minimum atomic E-state index is -1.03. The van der Waals surface area contributed by atoms with Gasteiger partial charge < -0.3 is 10.0 Å². The maximum Gasteiger partial charge on any atom is 0.153 e. The minimum Gasteiger partial charge on any atom is -0.373 e. The Morgan fingerprint density at radius 1 is 1.15 bits per heavy atom. The van der Waals surface area contributed by atoms with Gasteiger partial charge in [0.2, 0.25) is 0 Å². The number of benzene rings is 1. The quantitative estimate of drug-likeness (QED) is 0.803. The predicted octanol–water partition coefficient (Wildman–Crippen LogP) is 1.60. The van der Waals surface area contributed by atoms with E-state index in [0.29, 0.717) is 0 Å². The monoisotopic (exact) mass is 272 g/mol. The van der Waals surface area contributed by atoms with Crippen LogP contribution < -0.4 is 4.90 Å². The van der Waals surface area contributed by atoms with Crippen molar-refractivity contribution in [2.24, 2.45) is 5.92 Å². The van der Waals surface area contributed by atoms with Crippen LogP contribution in [0.3, 0.4) is 0 Å². The number of nitrogens with one attached hydrogen (secondary N) is 1. The number of hydrogen-bond donors (Lipinski definition) is 2. The van der Waals surface area contributed by atoms with Crippen LogP contribution in [-0.4, -0.2) is 24.7 Å². The summed E-state index contributed by atoms with van der Waals surface area (Å²) in [6, 6.07) is 9.81. The van der Waals surface area contributed by atoms with Crippen LogP contribution in [-0.2, 0) is 5.60 Å². The topological polar surface area (TPSA) is 24.7 Å². The van der Waals surface area contributed by atoms with Crippen molar-refractivity contribution in [1.82, 2.24) is 0 Å². The van der Waals surface area contributed by atoms with E-state index in [9.17, 15) is 5.11 Å². The molecule has 2 nitrogen and oxygen atoms in total. The fraction of sp³-hybridized carbons (Fsp3) is 0.556. The van der Waals surface area contributed by atoms with Crippen LogP contribution >= 0.6 is 0 Å². The molecule has 2 heteroatoms. The summed E-state index contributed by atoms with van der Waals surface area (Å²) in [5.74, 6) is 6.46. The standard InChI is InChI=1S/C18H25NO/c1-16(2)18(20,17-10-5-3-6-11-17)12-9-15-19-13-7-4-8-14-19/h3,5-6,10-11,16,20H,4,7-8,13-15H2,1-2H3/p+1/t18-/m0/s1. The lowest BCUT2D eigenvalue weighted by molar-refractivity contribution is -0.897. The van der Waals surface area contributed by atoms with Crippen molar-refractivity contribution in [2.45, 2.75) is 38.7 Å². The first-order chi connectivity index (χ1) is 9.63. The van der Waals surface area contributed by atoms with Crippen molar-refractivity contribution in [3.63, 3.8) is 0 Å². The molecule has 1 aromatic rings. The number of quaternary nitrogens is 1. The molecule has 0 aliphatic carbocycles. The molecule has 0 aromatic heterocycles. The number of hydrogen-bond acceptors (Lipinski definition) is 1. The molecule has 1 heterocycles. The summed E-state index contributed by atoms with van der Waals surface area (Å²) < 4.78 is 0. The number of aliphatic hydroxyl groups is 1. The number of likely N-dealkylation sites (tertiary alicyclic amines) is 1. The Balaban J connectivity index is 2.10. The van der Waals surface area contributed by atoms with Gasteiger partial charge in [0.25, 0.3) is 0 Å². The Morgan fingerprint density at radius 3 is 2.40 bits per heavy atom. The molecule has 0 spiro atoms. The molecule has 2 rings (SSSR count). The molecule has 1 aliphatic rings. The molecular formula is C18H26NO+. The van der Waals surface area contributed by atoms with Gasteiger partial charge in [-0.3, -0.25) is 0 Å². The molecule has 1 aliphatic heterocycles. The highest BCUT2D eigenvalue weighted by molar-refractivity contribution is 5.32. The molecular weight excluding hydrogens is 246 g/mol. The SMILES string of the molecule is CC(C)[C@@](O)(C#CC[NH+]1CCCCC1)c1ccccc1. The van der Waals surface area contributed by atoms with Crippen molar-refractivity contribution < 1.29 is 10.0 Å². The van der Waals surface area contributed by atoms with E-state index in [4.69, 9.17) is 0 Å². The van der Waals surface area contributed by atoms with Gasteiger partial charge in [0, 0.05) is 0 Å². The average Bonchev–Trinajstić information content (AvgIpc) is 2.49. The van der Waals surface area contributed by atoms with E-state index in [1.165, 1.54) is 32.4 Å². The maximum atomic E-state index is 10.9. The molecule has 1 aromatic carbocycles. The fourth-order valence-electron chi connectivity index (χ4n) is 2.77. The second-order valence-electron chi connectivity index (χ2n) is 6.08. The highest BCUT2D eigenvalue weighted by atomic mass is 16.3. The number of piperidine rings is 1. The molecule has 20 heavy (non-hydrogen) atoms. The summed E-state index contributed by atoms with van der Waals surface area (Å²) in [7, 11) is 0. The van der Waals surface area contributed by atoms with Crippen LogP contribution in [0, 0.1) is 17.8 Å². The zero-order valence-electron chi connectivity index (χ0n) is 12.7. The Morgan fingerprint density at radius 2 is 1.80 bits per heavy atom. The summed E-state index contributed by atoms with van der Waals surface area (Å²) >= 11 is 0. The molecule has 2 N–H and O–H groups in total. The van der Waals surface area contributed by atoms with Crippen LogP contribution in [0.5, 0.6) is 0 Å². The van der Waals surface area contributed by atoms with Crippen LogP contribution in [0.2, 0.25) is 0 Å². The van der Waals surface area contributed by atoms with Gasteiger partial charge in [-0.2, -0.15) is 0 Å². The van der Waals surface area contributed by atoms with Gasteiger partial charge in [-0.05, 0) is 36.7 Å². The van der Waals surface area contributed by atoms with Gasteiger partial charge in [-0.1, -0.05) is 50.1 Å². The van der Waals surface area contributed by atoms with Crippen LogP contribution in [0.15, 0.2) is 30.3 Å². The van der Waals surface area contributed by atoms with Crippen molar-refractivity contribution in [3.8, 4) is 11.8 Å². The van der Waals surface area contributed by atoms with Gasteiger partial charge >= 0.3 is 0 Å². The van der Waals surface area contributed by atoms with Crippen LogP contribution in [0.25, 0.3) is 0 Å². The molecule has 1 fully saturated rings. The first-order valence-electron chi connectivity index (χ1n) is 7.74. The fourth-order valence-corrected chi connectivity index (χ4v) is 2.77. The first kappa shape index (κ1) is 15.1. The zero-order chi connectivity index (χ0) is 14.4. The van der Waals surface area contributed by atoms with E-state index in [1.54, 1.807) is 4.90 Å². The normalized spacial score (nSPS) is 19.2. The van der Waals surface area contributed by atoms with E-state index in [1.807, 2.05) is 44.2 Å². The van der Waals surface area contributed by atoms with Crippen molar-refractivity contribution in [1.29, 1.82) is 0 Å². The summed E-state index contributed by atoms with van der Waals surface area (Å²) in [6.45, 7) is 7.34. The summed E-state index contributed by atoms with van der Waals surface area (Å²) in [6.07, 6.45) is 3.98. The zero-order valence-corrected chi connectivity index (χ0v) is 12.7. The first-order valence-corrected chi connectivity index (χ1v) is 7.74. The maximum absolute atomic E-state index is 10.9. The molecule has 0 saturated carbocycles. The highest BCUT2D eigenvalue weighted by Crippen LogP contribution is 2.28. The average molecular weight is 272 g/mol. The second kappa shape index (κ2) is 6.92. The highest BCUT2D eigenvalue weighted by Gasteiger charge is 2.30. The third kappa shape index (κ3) is 3.62. The largest absolute Gasteiger partial charge is 0.373 e. The van der Waals surface area contributed by atoms with Gasteiger partial charge in [0.1, 0.15) is 6.54 Å². The number of rotatable bonds is 3. The van der Waals surface area contributed by atoms with Crippen molar-refractivity contribution in [2.75, 3.05) is 19.6 Å². The van der Waals surface area contributed by atoms with Gasteiger partial charge in [0.15, 0.2) is 5.60 Å². The Labute approximate surface area is 122 Å². The smallest absolute Gasteiger partial charge is 0.153 e. The van der Waals surface area contributed by atoms with E-state index < -0.39 is 5.60 Å². The molecule has 0 amide bonds. The molecule has 108 valence electrons. The van der Waals surface area contributed by atoms with E-state index in [-0.39, 0.29) is 5.92 Å². The predicted molar refractivity (Wildman–Crippen MR) is 82.4 cm³/mol. The molecule has 0 unspecified atom stereocenters. The molecule has 0 radical (unpaired) electrons. The van der Waals surface area contributed by atoms with Crippen molar-refractivity contribution >= 4 is 0 Å². The lowest BCUT2D eigenvalue weighted by atomic mass is 9.84. The molecule has 1 saturated heterocycles. The molecule has 1 atom stereocenters. The Bertz CT molecular complexity index is 465. The van der Waals surface area contributed by atoms with Crippen LogP contribution in [0.4, 0.5) is 0 Å². The lowest BCUT2D eigenvalue weighted by Gasteiger charge is -2.27. The summed E-state index contributed by atoms with van der Waals surface area (Å²) in [5.41, 5.74) is -0.132. The van der Waals surface area contributed by atoms with Crippen LogP contribution in [0.1, 0.15) is 38.7 Å². The van der Waals surface area contributed by atoms with E-state index in [0.717, 1.165) is 12.1 Å². The van der Waals surface area contributed by atoms with E-state index >= 15 is 0 Å². The second-order valence-corrected chi connectivity index (χ2v) is 6.08. The molecule has 0 bridgehead atoms. The lowest BCUT2D eigenvalue weighted by Crippen LogP contribution is -3.12. The third-order valence-corrected chi connectivity index (χ3v) is 4.23. The third-order valence-electron chi connectivity index (χ3n) is 4.23. The van der Waals surface area contributed by atoms with Crippen molar-refractivity contribution in [3.05, 3.63) is 35.9 Å². The van der Waals surface area contributed by atoms with E-state index in [2.05, 4.69) is 11.8 Å². The Hall–Kier alpha value is -1.30.